The maximum Gasteiger partial charge on any atom is 0.0471 e. The summed E-state index contributed by atoms with van der Waals surface area (Å²) in [6.07, 6.45) is 3.04. The maximum absolute atomic E-state index is 5.96. The highest BCUT2D eigenvalue weighted by atomic mass is 35.5. The summed E-state index contributed by atoms with van der Waals surface area (Å²) in [4.78, 5) is 3.27. The van der Waals surface area contributed by atoms with Crippen LogP contribution in [0.5, 0.6) is 0 Å². The van der Waals surface area contributed by atoms with Gasteiger partial charge in [0.25, 0.3) is 0 Å². The number of H-pyrrole nitrogens is 1. The molecule has 2 rings (SSSR count). The second-order valence-electron chi connectivity index (χ2n) is 4.81. The van der Waals surface area contributed by atoms with Crippen LogP contribution in [0.2, 0.25) is 5.02 Å². The van der Waals surface area contributed by atoms with Gasteiger partial charge in [0.1, 0.15) is 0 Å². The Labute approximate surface area is 101 Å². The molecule has 0 aliphatic carbocycles. The van der Waals surface area contributed by atoms with Crippen LogP contribution in [0.3, 0.4) is 0 Å². The molecule has 0 aliphatic heterocycles. The van der Waals surface area contributed by atoms with Gasteiger partial charge in [-0.3, -0.25) is 0 Å². The maximum atomic E-state index is 5.96. The summed E-state index contributed by atoms with van der Waals surface area (Å²) in [6.45, 7) is 5.14. The molecule has 0 spiro atoms. The number of nitrogens with one attached hydrogen (secondary N) is 1. The number of aromatic nitrogens is 1. The van der Waals surface area contributed by atoms with Crippen molar-refractivity contribution in [3.05, 3.63) is 35.0 Å². The van der Waals surface area contributed by atoms with Crippen LogP contribution in [0, 0.1) is 0 Å². The first-order chi connectivity index (χ1) is 7.54. The first-order valence-corrected chi connectivity index (χ1v) is 5.89. The minimum Gasteiger partial charge on any atom is -0.361 e. The van der Waals surface area contributed by atoms with E-state index in [1.165, 1.54) is 10.9 Å². The summed E-state index contributed by atoms with van der Waals surface area (Å²) in [5.74, 6) is 0. The molecule has 0 saturated carbocycles. The van der Waals surface area contributed by atoms with E-state index < -0.39 is 0 Å². The highest BCUT2D eigenvalue weighted by molar-refractivity contribution is 6.31. The number of fused-ring (bicyclic) bond motifs is 1. The topological polar surface area (TPSA) is 41.8 Å². The lowest BCUT2D eigenvalue weighted by atomic mass is 9.81. The lowest BCUT2D eigenvalue weighted by Crippen LogP contribution is -2.21. The molecular formula is C13H17ClN2. The Hall–Kier alpha value is -0.990. The van der Waals surface area contributed by atoms with E-state index in [1.807, 2.05) is 12.1 Å². The van der Waals surface area contributed by atoms with Crippen LogP contribution in [-0.2, 0) is 5.41 Å². The number of halogens is 1. The fourth-order valence-electron chi connectivity index (χ4n) is 2.15. The molecule has 86 valence electrons. The van der Waals surface area contributed by atoms with E-state index in [-0.39, 0.29) is 5.41 Å². The lowest BCUT2D eigenvalue weighted by Gasteiger charge is -2.23. The Kier molecular flexibility index (Phi) is 2.96. The number of aromatic amines is 1. The molecule has 0 aliphatic rings. The van der Waals surface area contributed by atoms with Gasteiger partial charge in [-0.15, -0.1) is 0 Å². The van der Waals surface area contributed by atoms with Crippen LogP contribution in [0.25, 0.3) is 10.9 Å². The predicted octanol–water partition coefficient (Wildman–Crippen LogP) is 3.45. The SMILES string of the molecule is CC(C)(CCN)c1c[nH]c2cc(Cl)ccc12. The molecule has 2 nitrogen and oxygen atoms in total. The number of rotatable bonds is 3. The van der Waals surface area contributed by atoms with Crippen molar-refractivity contribution >= 4 is 22.5 Å². The van der Waals surface area contributed by atoms with Crippen molar-refractivity contribution in [2.24, 2.45) is 5.73 Å². The second-order valence-corrected chi connectivity index (χ2v) is 5.25. The zero-order valence-electron chi connectivity index (χ0n) is 9.68. The minimum atomic E-state index is 0.0980. The summed E-state index contributed by atoms with van der Waals surface area (Å²) in [5, 5.41) is 2.00. The van der Waals surface area contributed by atoms with Crippen LogP contribution < -0.4 is 5.73 Å². The number of hydrogen-bond donors (Lipinski definition) is 2. The third-order valence-corrected chi connectivity index (χ3v) is 3.38. The summed E-state index contributed by atoms with van der Waals surface area (Å²) < 4.78 is 0. The highest BCUT2D eigenvalue weighted by Gasteiger charge is 2.22. The molecule has 0 atom stereocenters. The molecule has 3 N–H and O–H groups in total. The van der Waals surface area contributed by atoms with Gasteiger partial charge in [0, 0.05) is 22.1 Å². The standard InChI is InChI=1S/C13H17ClN2/c1-13(2,5-6-15)11-8-16-12-7-9(14)3-4-10(11)12/h3-4,7-8,16H,5-6,15H2,1-2H3. The van der Waals surface area contributed by atoms with Crippen LogP contribution in [0.15, 0.2) is 24.4 Å². The van der Waals surface area contributed by atoms with Crippen molar-refractivity contribution in [3.63, 3.8) is 0 Å². The monoisotopic (exact) mass is 236 g/mol. The summed E-state index contributed by atoms with van der Waals surface area (Å²) >= 11 is 5.96. The molecule has 0 amide bonds. The van der Waals surface area contributed by atoms with Gasteiger partial charge in [-0.1, -0.05) is 31.5 Å². The van der Waals surface area contributed by atoms with Crippen molar-refractivity contribution in [1.82, 2.24) is 4.98 Å². The van der Waals surface area contributed by atoms with Gasteiger partial charge in [0.05, 0.1) is 0 Å². The molecule has 1 aromatic heterocycles. The molecule has 0 bridgehead atoms. The molecule has 16 heavy (non-hydrogen) atoms. The summed E-state index contributed by atoms with van der Waals surface area (Å²) in [5.41, 5.74) is 8.16. The Morgan fingerprint density at radius 1 is 1.38 bits per heavy atom. The predicted molar refractivity (Wildman–Crippen MR) is 70.0 cm³/mol. The molecular weight excluding hydrogens is 220 g/mol. The molecule has 0 radical (unpaired) electrons. The Bertz CT molecular complexity index is 500. The first-order valence-electron chi connectivity index (χ1n) is 5.52. The lowest BCUT2D eigenvalue weighted by molar-refractivity contribution is 0.491. The van der Waals surface area contributed by atoms with Crippen LogP contribution in [0.1, 0.15) is 25.8 Å². The van der Waals surface area contributed by atoms with Gasteiger partial charge in [-0.05, 0) is 36.1 Å². The molecule has 3 heteroatoms. The highest BCUT2D eigenvalue weighted by Crippen LogP contribution is 2.33. The van der Waals surface area contributed by atoms with Crippen LogP contribution >= 0.6 is 11.6 Å². The van der Waals surface area contributed by atoms with E-state index in [4.69, 9.17) is 17.3 Å². The third kappa shape index (κ3) is 1.95. The van der Waals surface area contributed by atoms with E-state index in [9.17, 15) is 0 Å². The second kappa shape index (κ2) is 4.11. The molecule has 0 unspecified atom stereocenters. The summed E-state index contributed by atoms with van der Waals surface area (Å²) in [7, 11) is 0. The Balaban J connectivity index is 2.53. The van der Waals surface area contributed by atoms with E-state index in [1.54, 1.807) is 0 Å². The normalized spacial score (nSPS) is 12.2. The third-order valence-electron chi connectivity index (χ3n) is 3.14. The average molecular weight is 237 g/mol. The van der Waals surface area contributed by atoms with Crippen LogP contribution in [-0.4, -0.2) is 11.5 Å². The minimum absolute atomic E-state index is 0.0980. The Morgan fingerprint density at radius 2 is 2.12 bits per heavy atom. The van der Waals surface area contributed by atoms with Gasteiger partial charge in [0.15, 0.2) is 0 Å². The van der Waals surface area contributed by atoms with Gasteiger partial charge >= 0.3 is 0 Å². The van der Waals surface area contributed by atoms with Crippen molar-refractivity contribution < 1.29 is 0 Å². The van der Waals surface area contributed by atoms with Crippen molar-refractivity contribution in [3.8, 4) is 0 Å². The molecule has 0 fully saturated rings. The van der Waals surface area contributed by atoms with Gasteiger partial charge in [0.2, 0.25) is 0 Å². The Morgan fingerprint density at radius 3 is 2.81 bits per heavy atom. The zero-order chi connectivity index (χ0) is 11.8. The molecule has 2 aromatic rings. The van der Waals surface area contributed by atoms with Crippen molar-refractivity contribution in [1.29, 1.82) is 0 Å². The van der Waals surface area contributed by atoms with Crippen molar-refractivity contribution in [2.45, 2.75) is 25.7 Å². The fourth-order valence-corrected chi connectivity index (χ4v) is 2.33. The van der Waals surface area contributed by atoms with Gasteiger partial charge in [-0.25, -0.2) is 0 Å². The largest absolute Gasteiger partial charge is 0.361 e. The summed E-state index contributed by atoms with van der Waals surface area (Å²) in [6, 6.07) is 5.96. The van der Waals surface area contributed by atoms with E-state index in [0.717, 1.165) is 17.0 Å². The zero-order valence-corrected chi connectivity index (χ0v) is 10.4. The van der Waals surface area contributed by atoms with Crippen LogP contribution in [0.4, 0.5) is 0 Å². The van der Waals surface area contributed by atoms with E-state index >= 15 is 0 Å². The van der Waals surface area contributed by atoms with Crippen molar-refractivity contribution in [2.75, 3.05) is 6.54 Å². The smallest absolute Gasteiger partial charge is 0.0471 e. The van der Waals surface area contributed by atoms with E-state index in [0.29, 0.717) is 6.54 Å². The fraction of sp³-hybridized carbons (Fsp3) is 0.385. The number of benzene rings is 1. The molecule has 1 aromatic carbocycles. The number of nitrogens with two attached hydrogens (primary N) is 1. The molecule has 1 heterocycles. The first kappa shape index (κ1) is 11.5. The van der Waals surface area contributed by atoms with Gasteiger partial charge in [-0.2, -0.15) is 0 Å². The van der Waals surface area contributed by atoms with E-state index in [2.05, 4.69) is 31.1 Å². The average Bonchev–Trinajstić information content (AvgIpc) is 2.60. The molecule has 0 saturated heterocycles. The van der Waals surface area contributed by atoms with Gasteiger partial charge < -0.3 is 10.7 Å². The quantitative estimate of drug-likeness (QED) is 0.842. The number of hydrogen-bond acceptors (Lipinski definition) is 1.